The zero-order chi connectivity index (χ0) is 36.3. The molecule has 1 saturated carbocycles. The van der Waals surface area contributed by atoms with Crippen molar-refractivity contribution in [3.8, 4) is 5.88 Å². The van der Waals surface area contributed by atoms with E-state index >= 15 is 0 Å². The molecule has 5 aromatic rings. The van der Waals surface area contributed by atoms with Crippen LogP contribution in [0.2, 0.25) is 5.02 Å². The fraction of sp³-hybridized carbons (Fsp3) is 0.300. The highest BCUT2D eigenvalue weighted by Crippen LogP contribution is 2.55. The quantitative estimate of drug-likeness (QED) is 0.155. The van der Waals surface area contributed by atoms with Gasteiger partial charge in [-0.25, -0.2) is 18.7 Å². The van der Waals surface area contributed by atoms with Crippen LogP contribution in [0.4, 0.5) is 20.2 Å². The molecule has 3 aliphatic heterocycles. The molecule has 13 heteroatoms. The van der Waals surface area contributed by atoms with Gasteiger partial charge >= 0.3 is 0 Å². The zero-order valence-corrected chi connectivity index (χ0v) is 29.4. The maximum Gasteiger partial charge on any atom is 0.255 e. The summed E-state index contributed by atoms with van der Waals surface area (Å²) in [6.07, 6.45) is 5.34. The van der Waals surface area contributed by atoms with Crippen LogP contribution in [0.1, 0.15) is 58.7 Å². The van der Waals surface area contributed by atoms with Crippen molar-refractivity contribution in [2.24, 2.45) is 0 Å². The van der Waals surface area contributed by atoms with E-state index in [1.807, 2.05) is 30.3 Å². The second kappa shape index (κ2) is 13.4. The third kappa shape index (κ3) is 6.45. The van der Waals surface area contributed by atoms with Crippen molar-refractivity contribution in [3.63, 3.8) is 0 Å². The molecule has 4 aliphatic rings. The number of imidazole rings is 1. The first-order valence-corrected chi connectivity index (χ1v) is 18.1. The van der Waals surface area contributed by atoms with Crippen LogP contribution in [0, 0.1) is 11.6 Å². The topological polar surface area (TPSA) is 111 Å². The molecular formula is C40H35ClF2N6O4. The number of fused-ring (bicyclic) bond motifs is 3. The fourth-order valence-corrected chi connectivity index (χ4v) is 7.55. The summed E-state index contributed by atoms with van der Waals surface area (Å²) < 4.78 is 43.0. The Kier molecular flexibility index (Phi) is 8.48. The van der Waals surface area contributed by atoms with Crippen LogP contribution in [-0.2, 0) is 34.6 Å². The molecule has 9 rings (SSSR count). The minimum absolute atomic E-state index is 0.0450. The molecule has 1 unspecified atom stereocenters. The van der Waals surface area contributed by atoms with Gasteiger partial charge in [-0.15, -0.1) is 0 Å². The van der Waals surface area contributed by atoms with Crippen molar-refractivity contribution < 1.29 is 27.8 Å². The number of anilines is 2. The van der Waals surface area contributed by atoms with Gasteiger partial charge in [0.05, 0.1) is 47.0 Å². The average molecular weight is 737 g/mol. The largest absolute Gasteiger partial charge is 0.473 e. The Hall–Kier alpha value is -5.17. The fourth-order valence-electron chi connectivity index (χ4n) is 7.39. The molecule has 2 fully saturated rings. The van der Waals surface area contributed by atoms with Gasteiger partial charge in [-0.05, 0) is 85.4 Å². The van der Waals surface area contributed by atoms with Crippen LogP contribution >= 0.6 is 11.6 Å². The van der Waals surface area contributed by atoms with Gasteiger partial charge in [0.2, 0.25) is 11.8 Å². The normalized spacial score (nSPS) is 18.7. The molecule has 2 amide bonds. The average Bonchev–Trinajstić information content (AvgIpc) is 3.81. The third-order valence-corrected chi connectivity index (χ3v) is 10.9. The summed E-state index contributed by atoms with van der Waals surface area (Å²) in [6, 6.07) is 18.5. The lowest BCUT2D eigenvalue weighted by atomic mass is 9.95. The Labute approximate surface area is 308 Å². The summed E-state index contributed by atoms with van der Waals surface area (Å²) in [4.78, 5) is 37.8. The summed E-state index contributed by atoms with van der Waals surface area (Å²) in [5.41, 5.74) is 4.74. The van der Waals surface area contributed by atoms with Crippen LogP contribution in [0.3, 0.4) is 0 Å². The first-order valence-electron chi connectivity index (χ1n) is 17.8. The lowest BCUT2D eigenvalue weighted by Crippen LogP contribution is -2.33. The SMILES string of the molecule is O=C(Nc1ccc2c(c1)nc(CN1CC=C(c3cccc(OCc4ccc(Cl)cc4F)n3)CC1)n2CC1CCO1)c1cc(F)c2c(c1)C1(CC1)C(=O)N2. The van der Waals surface area contributed by atoms with E-state index in [2.05, 4.69) is 31.2 Å². The number of benzene rings is 3. The summed E-state index contributed by atoms with van der Waals surface area (Å²) in [5.74, 6) is -0.371. The lowest BCUT2D eigenvalue weighted by Gasteiger charge is -2.29. The smallest absolute Gasteiger partial charge is 0.255 e. The van der Waals surface area contributed by atoms with Gasteiger partial charge in [-0.3, -0.25) is 14.5 Å². The van der Waals surface area contributed by atoms with E-state index in [0.29, 0.717) is 60.2 Å². The van der Waals surface area contributed by atoms with E-state index in [1.54, 1.807) is 24.3 Å². The Bertz CT molecular complexity index is 2340. The molecule has 0 radical (unpaired) electrons. The van der Waals surface area contributed by atoms with Crippen LogP contribution in [0.5, 0.6) is 5.88 Å². The number of ether oxygens (including phenoxy) is 2. The van der Waals surface area contributed by atoms with E-state index < -0.39 is 23.0 Å². The van der Waals surface area contributed by atoms with E-state index in [1.165, 1.54) is 12.1 Å². The highest BCUT2D eigenvalue weighted by molar-refractivity contribution is 6.30. The van der Waals surface area contributed by atoms with Crippen LogP contribution < -0.4 is 15.4 Å². The summed E-state index contributed by atoms with van der Waals surface area (Å²) in [5, 5.41) is 5.88. The van der Waals surface area contributed by atoms with Gasteiger partial charge in [-0.2, -0.15) is 0 Å². The molecular weight excluding hydrogens is 702 g/mol. The highest BCUT2D eigenvalue weighted by atomic mass is 35.5. The molecule has 0 bridgehead atoms. The lowest BCUT2D eigenvalue weighted by molar-refractivity contribution is -0.117. The van der Waals surface area contributed by atoms with E-state index in [4.69, 9.17) is 26.1 Å². The number of aromatic nitrogens is 3. The number of hydrogen-bond acceptors (Lipinski definition) is 7. The second-order valence-electron chi connectivity index (χ2n) is 14.1. The number of carbonyl (C=O) groups is 2. The molecule has 5 heterocycles. The minimum Gasteiger partial charge on any atom is -0.473 e. The maximum absolute atomic E-state index is 15.0. The Morgan fingerprint density at radius 2 is 1.94 bits per heavy atom. The zero-order valence-electron chi connectivity index (χ0n) is 28.6. The number of hydrogen-bond donors (Lipinski definition) is 2. The van der Waals surface area contributed by atoms with Gasteiger partial charge in [-0.1, -0.05) is 29.8 Å². The molecule has 2 aromatic heterocycles. The number of nitrogens with zero attached hydrogens (tertiary/aromatic N) is 4. The van der Waals surface area contributed by atoms with E-state index in [0.717, 1.165) is 54.1 Å². The highest BCUT2D eigenvalue weighted by Gasteiger charge is 2.57. The summed E-state index contributed by atoms with van der Waals surface area (Å²) in [7, 11) is 0. The van der Waals surface area contributed by atoms with Crippen LogP contribution in [0.25, 0.3) is 16.6 Å². The van der Waals surface area contributed by atoms with Gasteiger partial charge in [0.25, 0.3) is 5.91 Å². The molecule has 1 spiro atoms. The molecule has 10 nitrogen and oxygen atoms in total. The molecule has 1 saturated heterocycles. The van der Waals surface area contributed by atoms with Gasteiger partial charge in [0.15, 0.2) is 0 Å². The molecule has 270 valence electrons. The molecule has 3 aromatic carbocycles. The van der Waals surface area contributed by atoms with Crippen molar-refractivity contribution in [1.29, 1.82) is 0 Å². The summed E-state index contributed by atoms with van der Waals surface area (Å²) in [6.45, 7) is 3.56. The summed E-state index contributed by atoms with van der Waals surface area (Å²) >= 11 is 5.87. The predicted molar refractivity (Wildman–Crippen MR) is 196 cm³/mol. The van der Waals surface area contributed by atoms with Crippen LogP contribution in [-0.4, -0.2) is 57.0 Å². The number of rotatable bonds is 10. The standard InChI is InChI=1S/C40H35ClF2N6O4/c41-26-5-4-24(30(42)18-26)22-53-36-3-1-2-32(46-36)23-8-13-48(14-9-23)21-35-45-33-19-27(6-7-34(33)49(35)20-28-10-15-52-28)44-38(50)25-16-29-37(31(43)17-25)47-39(51)40(29)11-12-40/h1-8,16-19,28H,9-15,20-22H2,(H,44,50)(H,47,51). The van der Waals surface area contributed by atoms with Gasteiger partial charge < -0.3 is 24.7 Å². The Morgan fingerprint density at radius 1 is 1.08 bits per heavy atom. The van der Waals surface area contributed by atoms with E-state index in [9.17, 15) is 18.4 Å². The van der Waals surface area contributed by atoms with Crippen molar-refractivity contribution in [3.05, 3.63) is 118 Å². The van der Waals surface area contributed by atoms with Crippen molar-refractivity contribution in [1.82, 2.24) is 19.4 Å². The third-order valence-electron chi connectivity index (χ3n) is 10.7. The van der Waals surface area contributed by atoms with Gasteiger partial charge in [0.1, 0.15) is 24.1 Å². The monoisotopic (exact) mass is 736 g/mol. The molecule has 53 heavy (non-hydrogen) atoms. The number of carbonyl (C=O) groups excluding carboxylic acids is 2. The number of amides is 2. The van der Waals surface area contributed by atoms with Crippen molar-refractivity contribution in [2.45, 2.75) is 56.9 Å². The Morgan fingerprint density at radius 3 is 2.70 bits per heavy atom. The maximum atomic E-state index is 15.0. The first kappa shape index (κ1) is 33.7. The van der Waals surface area contributed by atoms with Crippen molar-refractivity contribution >= 4 is 51.4 Å². The minimum atomic E-state index is -0.705. The first-order chi connectivity index (χ1) is 25.7. The predicted octanol–water partition coefficient (Wildman–Crippen LogP) is 7.26. The number of nitrogens with one attached hydrogen (secondary N) is 2. The molecule has 2 N–H and O–H groups in total. The Balaban J connectivity index is 0.897. The van der Waals surface area contributed by atoms with Gasteiger partial charge in [0, 0.05) is 47.6 Å². The number of halogens is 3. The number of pyridine rings is 1. The molecule has 1 atom stereocenters. The second-order valence-corrected chi connectivity index (χ2v) is 14.5. The molecule has 1 aliphatic carbocycles. The van der Waals surface area contributed by atoms with Crippen molar-refractivity contribution in [2.75, 3.05) is 30.3 Å². The van der Waals surface area contributed by atoms with Crippen LogP contribution in [0.15, 0.2) is 72.8 Å². The van der Waals surface area contributed by atoms with E-state index in [-0.39, 0.29) is 29.9 Å².